The van der Waals surface area contributed by atoms with Crippen LogP contribution in [0.2, 0.25) is 0 Å². The van der Waals surface area contributed by atoms with Gasteiger partial charge in [-0.25, -0.2) is 35.1 Å². The summed E-state index contributed by atoms with van der Waals surface area (Å²) in [5.41, 5.74) is -3.28. The maximum Gasteiger partial charge on any atom is 0.126 e. The van der Waals surface area contributed by atoms with Crippen LogP contribution in [0.5, 0.6) is 0 Å². The van der Waals surface area contributed by atoms with Gasteiger partial charge < -0.3 is 19.6 Å². The molecular weight excluding hydrogens is 1290 g/mol. The van der Waals surface area contributed by atoms with Crippen molar-refractivity contribution in [1.29, 1.82) is 42.1 Å². The lowest BCUT2D eigenvalue weighted by Crippen LogP contribution is -2.30. The lowest BCUT2D eigenvalue weighted by atomic mass is 9.67. The van der Waals surface area contributed by atoms with Crippen LogP contribution in [-0.4, -0.2) is 0 Å². The van der Waals surface area contributed by atoms with Crippen LogP contribution in [0.3, 0.4) is 0 Å². The van der Waals surface area contributed by atoms with Crippen molar-refractivity contribution < 1.29 is 35.1 Å². The molecule has 12 nitrogen and oxygen atoms in total. The van der Waals surface area contributed by atoms with E-state index in [1.54, 1.807) is 72.8 Å². The Kier molecular flexibility index (Phi) is 17.0. The van der Waals surface area contributed by atoms with E-state index in [0.717, 1.165) is 97.1 Å². The summed E-state index contributed by atoms with van der Waals surface area (Å²) < 4.78 is 131. The first-order valence-corrected chi connectivity index (χ1v) is 30.2. The summed E-state index contributed by atoms with van der Waals surface area (Å²) >= 11 is 0. The molecule has 0 amide bonds. The molecule has 0 bridgehead atoms. The van der Waals surface area contributed by atoms with E-state index in [0.29, 0.717) is 22.3 Å². The average Bonchev–Trinajstić information content (AvgIpc) is 1.57. The monoisotopic (exact) mass is 1330 g/mol. The zero-order valence-electron chi connectivity index (χ0n) is 51.8. The maximum absolute atomic E-state index is 16.4. The number of nitrogens with zero attached hydrogens (tertiary/aromatic N) is 12. The molecule has 0 radical (unpaired) electrons. The van der Waals surface area contributed by atoms with Crippen LogP contribution in [0.25, 0.3) is 11.1 Å². The van der Waals surface area contributed by atoms with E-state index < -0.39 is 52.0 Å². The fraction of sp³-hybridized carbons (Fsp3) is 0.0123. The van der Waals surface area contributed by atoms with Crippen LogP contribution in [-0.2, 0) is 5.41 Å². The van der Waals surface area contributed by atoms with Gasteiger partial charge in [-0.3, -0.25) is 0 Å². The van der Waals surface area contributed by atoms with Crippen molar-refractivity contribution >= 4 is 68.2 Å². The highest BCUT2D eigenvalue weighted by molar-refractivity contribution is 5.93. The number of benzene rings is 12. The van der Waals surface area contributed by atoms with Crippen LogP contribution in [0.15, 0.2) is 231 Å². The van der Waals surface area contributed by atoms with Crippen molar-refractivity contribution in [3.05, 3.63) is 344 Å². The van der Waals surface area contributed by atoms with Gasteiger partial charge in [0.05, 0.1) is 144 Å². The topological polar surface area (TPSA) is 203 Å². The number of hydrogen-bond donors (Lipinski definition) is 0. The van der Waals surface area contributed by atoms with E-state index >= 15 is 35.1 Å². The Bertz CT molecular complexity index is 4950. The molecule has 1 aliphatic rings. The molecule has 0 saturated heterocycles. The highest BCUT2D eigenvalue weighted by Crippen LogP contribution is 2.60. The summed E-state index contributed by atoms with van der Waals surface area (Å²) in [5.74, 6) is -7.66. The van der Waals surface area contributed by atoms with E-state index in [-0.39, 0.29) is 124 Å². The summed E-state index contributed by atoms with van der Waals surface area (Å²) in [6, 6.07) is 64.8. The second-order valence-electron chi connectivity index (χ2n) is 23.1. The largest absolute Gasteiger partial charge is 0.310 e. The van der Waals surface area contributed by atoms with Crippen molar-refractivity contribution in [2.75, 3.05) is 19.6 Å². The molecule has 12 aromatic rings. The van der Waals surface area contributed by atoms with Crippen molar-refractivity contribution in [3.8, 4) is 59.7 Å². The summed E-state index contributed by atoms with van der Waals surface area (Å²) in [4.78, 5) is 5.24. The molecule has 0 heterocycles. The molecule has 478 valence electrons. The Hall–Kier alpha value is -14.8. The molecule has 0 aromatic heterocycles. The van der Waals surface area contributed by atoms with Gasteiger partial charge in [-0.05, 0) is 215 Å². The number of nitriles is 8. The molecule has 1 aliphatic carbocycles. The summed E-state index contributed by atoms with van der Waals surface area (Å²) in [7, 11) is 0. The van der Waals surface area contributed by atoms with Crippen LogP contribution >= 0.6 is 0 Å². The Balaban J connectivity index is 1.28. The smallest absolute Gasteiger partial charge is 0.126 e. The van der Waals surface area contributed by atoms with Crippen LogP contribution < -0.4 is 19.6 Å². The van der Waals surface area contributed by atoms with Gasteiger partial charge in [-0.2, -0.15) is 42.1 Å². The predicted octanol–water partition coefficient (Wildman–Crippen LogP) is 20.0. The minimum absolute atomic E-state index is 0.0821. The number of fused-ring (bicyclic) bond motifs is 3. The van der Waals surface area contributed by atoms with Crippen molar-refractivity contribution in [3.63, 3.8) is 0 Å². The van der Waals surface area contributed by atoms with Crippen molar-refractivity contribution in [2.45, 2.75) is 5.41 Å². The van der Waals surface area contributed by atoms with Crippen LogP contribution in [0, 0.1) is 137 Å². The fourth-order valence-electron chi connectivity index (χ4n) is 13.1. The Labute approximate surface area is 571 Å². The molecular formula is C81H38F8N12. The van der Waals surface area contributed by atoms with E-state index in [1.807, 2.05) is 48.6 Å². The number of rotatable bonds is 14. The maximum atomic E-state index is 16.4. The third-order valence-corrected chi connectivity index (χ3v) is 16.8. The molecule has 13 rings (SSSR count). The van der Waals surface area contributed by atoms with Crippen LogP contribution in [0.4, 0.5) is 103 Å². The third kappa shape index (κ3) is 12.3. The van der Waals surface area contributed by atoms with E-state index in [9.17, 15) is 42.1 Å². The van der Waals surface area contributed by atoms with E-state index in [1.165, 1.54) is 80.3 Å². The Morgan fingerprint density at radius 2 is 0.376 bits per heavy atom. The zero-order chi connectivity index (χ0) is 71.0. The van der Waals surface area contributed by atoms with E-state index in [4.69, 9.17) is 0 Å². The Morgan fingerprint density at radius 3 is 0.554 bits per heavy atom. The minimum Gasteiger partial charge on any atom is -0.310 e. The highest BCUT2D eigenvalue weighted by Gasteiger charge is 2.48. The molecule has 101 heavy (non-hydrogen) atoms. The molecule has 0 saturated carbocycles. The van der Waals surface area contributed by atoms with Crippen molar-refractivity contribution in [2.24, 2.45) is 0 Å². The quantitative estimate of drug-likeness (QED) is 0.0933. The van der Waals surface area contributed by atoms with Gasteiger partial charge in [-0.1, -0.05) is 48.5 Å². The second-order valence-corrected chi connectivity index (χ2v) is 23.1. The summed E-state index contributed by atoms with van der Waals surface area (Å²) in [5, 5.41) is 83.6. The summed E-state index contributed by atoms with van der Waals surface area (Å²) in [6.45, 7) is 0. The number of anilines is 12. The molecule has 0 unspecified atom stereocenters. The third-order valence-electron chi connectivity index (χ3n) is 16.8. The number of halogens is 8. The summed E-state index contributed by atoms with van der Waals surface area (Å²) in [6.07, 6.45) is 0. The first kappa shape index (κ1) is 64.9. The zero-order valence-corrected chi connectivity index (χ0v) is 51.8. The van der Waals surface area contributed by atoms with Gasteiger partial charge in [0.15, 0.2) is 0 Å². The van der Waals surface area contributed by atoms with E-state index in [2.05, 4.69) is 0 Å². The van der Waals surface area contributed by atoms with Gasteiger partial charge in [-0.15, -0.1) is 0 Å². The molecule has 0 aliphatic heterocycles. The first-order chi connectivity index (χ1) is 48.8. The highest BCUT2D eigenvalue weighted by atomic mass is 19.2. The average molecular weight is 1330 g/mol. The molecule has 0 atom stereocenters. The van der Waals surface area contributed by atoms with Gasteiger partial charge in [0.25, 0.3) is 0 Å². The molecule has 20 heteroatoms. The standard InChI is InChI=1S/C81H38F8N12/c82-57-9-47(39-90)17-65(29-57)98(66-18-48(40-91)10-58(83)30-66)73-25-55(26-74(37-73)99(67-19-49(41-92)11-59(84)31-67)68-20-50(42-93)12-60(85)32-68)81(79-7-3-1-5-77(79)78-6-2-4-8-80(78)81)56-27-75(100(69-21-51(43-94)13-61(86)33-69)70-22-52(44-95)14-62(87)34-70)38-76(28-56)101(71-23-53(45-96)15-63(88)35-71)72-24-54(46-97)16-64(89)36-72/h1-38H. The molecule has 0 spiro atoms. The van der Waals surface area contributed by atoms with Crippen molar-refractivity contribution in [1.82, 2.24) is 0 Å². The van der Waals surface area contributed by atoms with Gasteiger partial charge in [0.2, 0.25) is 0 Å². The first-order valence-electron chi connectivity index (χ1n) is 30.2. The minimum atomic E-state index is -1.98. The molecule has 0 fully saturated rings. The Morgan fingerprint density at radius 1 is 0.208 bits per heavy atom. The number of hydrogen-bond acceptors (Lipinski definition) is 12. The lowest BCUT2D eigenvalue weighted by molar-refractivity contribution is 0.625. The molecule has 0 N–H and O–H groups in total. The van der Waals surface area contributed by atoms with Gasteiger partial charge in [0, 0.05) is 22.7 Å². The molecule has 12 aromatic carbocycles. The van der Waals surface area contributed by atoms with Crippen LogP contribution in [0.1, 0.15) is 66.8 Å². The second kappa shape index (κ2) is 26.4. The van der Waals surface area contributed by atoms with Gasteiger partial charge >= 0.3 is 0 Å². The fourth-order valence-corrected chi connectivity index (χ4v) is 13.1. The normalized spacial score (nSPS) is 11.4. The SMILES string of the molecule is N#Cc1cc(F)cc(N(c2cc(F)cc(C#N)c2)c2cc(N(c3cc(F)cc(C#N)c3)c3cc(F)cc(C#N)c3)cc(C3(c4cc(N(c5cc(F)cc(C#N)c5)c5cc(F)cc(C#N)c5)cc(N(c5cc(F)cc(C#N)c5)c5cc(F)cc(C#N)c5)c4)c4ccccc4-c4ccccc43)c2)c1. The predicted molar refractivity (Wildman–Crippen MR) is 360 cm³/mol. The lowest BCUT2D eigenvalue weighted by Gasteiger charge is -2.38. The van der Waals surface area contributed by atoms with Gasteiger partial charge in [0.1, 0.15) is 46.5 Å².